The molecule has 8 heterocycles. The molecule has 2 saturated heterocycles. The first-order valence-corrected chi connectivity index (χ1v) is 21.2. The van der Waals surface area contributed by atoms with Gasteiger partial charge >= 0.3 is 12.2 Å². The van der Waals surface area contributed by atoms with Gasteiger partial charge in [-0.2, -0.15) is 9.97 Å². The van der Waals surface area contributed by atoms with Crippen molar-refractivity contribution in [2.75, 3.05) is 26.2 Å². The van der Waals surface area contributed by atoms with Crippen LogP contribution in [0.2, 0.25) is 0 Å². The lowest BCUT2D eigenvalue weighted by Crippen LogP contribution is -2.36. The first kappa shape index (κ1) is 43.3. The number of aromatic nitrogens is 10. The summed E-state index contributed by atoms with van der Waals surface area (Å²) >= 11 is 5.65. The summed E-state index contributed by atoms with van der Waals surface area (Å²) in [6.07, 6.45) is 8.79. The zero-order valence-corrected chi connectivity index (χ0v) is 37.0. The van der Waals surface area contributed by atoms with E-state index in [0.29, 0.717) is 95.2 Å². The van der Waals surface area contributed by atoms with Gasteiger partial charge in [0.15, 0.2) is 11.6 Å². The monoisotopic (exact) mass is 884 g/mol. The Morgan fingerprint density at radius 2 is 1.21 bits per heavy atom. The summed E-state index contributed by atoms with van der Waals surface area (Å²) in [4.78, 5) is 79.4. The van der Waals surface area contributed by atoms with Gasteiger partial charge in [0.1, 0.15) is 23.6 Å². The van der Waals surface area contributed by atoms with Crippen LogP contribution in [0.15, 0.2) is 56.1 Å². The molecule has 6 aromatic heterocycles. The number of pyridine rings is 2. The molecule has 4 aliphatic rings. The number of amides is 2. The number of hydrogen-bond acceptors (Lipinski definition) is 16. The first-order valence-electron chi connectivity index (χ1n) is 20.6. The third-order valence-corrected chi connectivity index (χ3v) is 11.6. The van der Waals surface area contributed by atoms with Crippen LogP contribution in [-0.2, 0) is 21.9 Å². The molecule has 0 bridgehead atoms. The normalized spacial score (nSPS) is 22.1. The van der Waals surface area contributed by atoms with E-state index in [-0.39, 0.29) is 41.6 Å². The molecule has 20 nitrogen and oxygen atoms in total. The fraction of sp³-hybridized carbons (Fsp3) is 0.524. The third-order valence-electron chi connectivity index (χ3n) is 11.3. The molecular formula is C42H49ClN12O8. The highest BCUT2D eigenvalue weighted by Crippen LogP contribution is 2.58. The van der Waals surface area contributed by atoms with Crippen LogP contribution >= 0.6 is 11.6 Å². The van der Waals surface area contributed by atoms with Crippen molar-refractivity contribution >= 4 is 45.6 Å². The number of halogens is 1. The average Bonchev–Trinajstić information content (AvgIpc) is 3.65. The van der Waals surface area contributed by atoms with Crippen molar-refractivity contribution in [2.45, 2.75) is 90.9 Å². The first-order chi connectivity index (χ1) is 29.9. The van der Waals surface area contributed by atoms with E-state index in [4.69, 9.17) is 30.1 Å². The average molecular weight is 885 g/mol. The number of hydrogen-bond donors (Lipinski definition) is 1. The lowest BCUT2D eigenvalue weighted by Gasteiger charge is -2.25. The second-order valence-electron chi connectivity index (χ2n) is 18.3. The van der Waals surface area contributed by atoms with Gasteiger partial charge in [0.25, 0.3) is 11.1 Å². The van der Waals surface area contributed by atoms with Gasteiger partial charge in [0.05, 0.1) is 46.9 Å². The maximum atomic E-state index is 12.8. The van der Waals surface area contributed by atoms with Gasteiger partial charge in [0.2, 0.25) is 11.8 Å². The van der Waals surface area contributed by atoms with Crippen LogP contribution in [-0.4, -0.2) is 109 Å². The molecule has 1 N–H and O–H groups in total. The number of rotatable bonds is 5. The number of piperidine rings is 2. The lowest BCUT2D eigenvalue weighted by atomic mass is 10.2. The number of ether oxygens (including phenoxy) is 2. The van der Waals surface area contributed by atoms with Crippen molar-refractivity contribution in [2.24, 2.45) is 23.7 Å². The van der Waals surface area contributed by atoms with E-state index in [1.807, 2.05) is 55.4 Å². The molecule has 6 atom stereocenters. The number of fused-ring (bicyclic) bond motifs is 4. The summed E-state index contributed by atoms with van der Waals surface area (Å²) < 4.78 is 22.7. The van der Waals surface area contributed by atoms with Crippen LogP contribution in [0.25, 0.3) is 21.8 Å². The SMILES string of the molecule is CC(C)(C)OC(=O)N1C[C@@H]2C(c3noc(CCl)n3)[C@@H]2C1.Cc1cncc2nc[nH]c(=O)c12.Cc1cncc2ncn(Cc3nc(C4[C@H]5CN(C(=O)OC(C)(C)C)C[C@@H]45)no3)c(=O)c12. The summed E-state index contributed by atoms with van der Waals surface area (Å²) in [5, 5.41) is 9.24. The van der Waals surface area contributed by atoms with Gasteiger partial charge in [-0.15, -0.1) is 11.6 Å². The van der Waals surface area contributed by atoms with Crippen LogP contribution < -0.4 is 11.1 Å². The Bertz CT molecular complexity index is 2760. The lowest BCUT2D eigenvalue weighted by molar-refractivity contribution is 0.0260. The molecule has 0 spiro atoms. The standard InChI is InChI=1S/C21H24N6O4.C13H18ClN3O3.C8H7N3O/c1-11-5-22-6-14-16(11)19(28)27(10-23-14)9-15-24-18(25-31-15)17-12-7-26(8-13(12)17)20(29)30-21(2,3)4;1-13(2,3)19-12(18)17-5-7-8(6-17)10(7)11-15-9(4-14)20-16-11;1-5-2-9-3-6-7(5)8(12)11-4-10-6/h5-6,10,12-13,17H,7-9H2,1-4H3;7-8,10H,4-6H2,1-3H3;2-4H,1H3,(H,10,11,12)/t12-,13+,17?;7-,8+,10?;. The van der Waals surface area contributed by atoms with Gasteiger partial charge in [0, 0.05) is 50.4 Å². The van der Waals surface area contributed by atoms with Crippen molar-refractivity contribution in [1.82, 2.24) is 59.6 Å². The highest BCUT2D eigenvalue weighted by Gasteiger charge is 2.61. The zero-order chi connectivity index (χ0) is 45.0. The molecule has 0 radical (unpaired) electrons. The maximum absolute atomic E-state index is 12.8. The molecule has 6 aromatic rings. The summed E-state index contributed by atoms with van der Waals surface area (Å²) in [6.45, 7) is 17.7. The fourth-order valence-corrected chi connectivity index (χ4v) is 8.49. The van der Waals surface area contributed by atoms with E-state index in [1.54, 1.807) is 34.6 Å². The zero-order valence-electron chi connectivity index (χ0n) is 36.2. The molecule has 21 heteroatoms. The van der Waals surface area contributed by atoms with Crippen LogP contribution in [0.5, 0.6) is 0 Å². The molecule has 2 saturated carbocycles. The van der Waals surface area contributed by atoms with E-state index in [2.05, 4.69) is 45.2 Å². The molecule has 0 aromatic carbocycles. The van der Waals surface area contributed by atoms with Crippen molar-refractivity contribution in [3.05, 3.63) is 92.7 Å². The number of nitrogens with zero attached hydrogens (tertiary/aromatic N) is 11. The van der Waals surface area contributed by atoms with E-state index in [1.165, 1.54) is 17.2 Å². The second-order valence-corrected chi connectivity index (χ2v) is 18.6. The van der Waals surface area contributed by atoms with Gasteiger partial charge in [-0.25, -0.2) is 19.6 Å². The number of carbonyl (C=O) groups is 2. The minimum absolute atomic E-state index is 0.111. The van der Waals surface area contributed by atoms with Crippen LogP contribution in [0.4, 0.5) is 9.59 Å². The summed E-state index contributed by atoms with van der Waals surface area (Å²) in [5.74, 6) is 4.36. The number of carbonyl (C=O) groups excluding carboxylic acids is 2. The van der Waals surface area contributed by atoms with Crippen molar-refractivity contribution in [1.29, 1.82) is 0 Å². The number of likely N-dealkylation sites (tertiary alicyclic amines) is 2. The molecule has 2 aliphatic heterocycles. The molecular weight excluding hydrogens is 836 g/mol. The molecule has 63 heavy (non-hydrogen) atoms. The summed E-state index contributed by atoms with van der Waals surface area (Å²) in [6, 6.07) is 0. The number of aromatic amines is 1. The third kappa shape index (κ3) is 9.40. The van der Waals surface area contributed by atoms with E-state index in [9.17, 15) is 19.2 Å². The highest BCUT2D eigenvalue weighted by molar-refractivity contribution is 6.16. The molecule has 2 unspecified atom stereocenters. The topological polar surface area (TPSA) is 243 Å². The number of aryl methyl sites for hydroxylation is 2. The molecule has 10 rings (SSSR count). The molecule has 4 fully saturated rings. The van der Waals surface area contributed by atoms with E-state index >= 15 is 0 Å². The minimum atomic E-state index is -0.503. The van der Waals surface area contributed by atoms with E-state index < -0.39 is 11.2 Å². The minimum Gasteiger partial charge on any atom is -0.444 e. The number of alkyl halides is 1. The van der Waals surface area contributed by atoms with Crippen molar-refractivity contribution in [3.8, 4) is 0 Å². The number of nitrogens with one attached hydrogen (secondary N) is 1. The highest BCUT2D eigenvalue weighted by atomic mass is 35.5. The molecule has 2 aliphatic carbocycles. The molecule has 2 amide bonds. The van der Waals surface area contributed by atoms with Crippen LogP contribution in [0.3, 0.4) is 0 Å². The summed E-state index contributed by atoms with van der Waals surface area (Å²) in [7, 11) is 0. The van der Waals surface area contributed by atoms with Gasteiger partial charge < -0.3 is 33.3 Å². The second kappa shape index (κ2) is 16.8. The van der Waals surface area contributed by atoms with Gasteiger partial charge in [-0.05, 0) is 90.2 Å². The Hall–Kier alpha value is -6.31. The van der Waals surface area contributed by atoms with Crippen molar-refractivity contribution < 1.29 is 28.1 Å². The number of H-pyrrole nitrogens is 1. The predicted octanol–water partition coefficient (Wildman–Crippen LogP) is 5.13. The maximum Gasteiger partial charge on any atom is 0.410 e. The Morgan fingerprint density at radius 3 is 1.68 bits per heavy atom. The van der Waals surface area contributed by atoms with Crippen molar-refractivity contribution in [3.63, 3.8) is 0 Å². The Kier molecular flexibility index (Phi) is 11.5. The molecule has 332 valence electrons. The largest absolute Gasteiger partial charge is 0.444 e. The Morgan fingerprint density at radius 1 is 0.730 bits per heavy atom. The predicted molar refractivity (Wildman–Crippen MR) is 226 cm³/mol. The Balaban J connectivity index is 0.000000145. The van der Waals surface area contributed by atoms with Crippen LogP contribution in [0.1, 0.15) is 87.9 Å². The Labute approximate surface area is 365 Å². The quantitative estimate of drug-likeness (QED) is 0.221. The van der Waals surface area contributed by atoms with Gasteiger partial charge in [-0.3, -0.25) is 24.1 Å². The van der Waals surface area contributed by atoms with Crippen LogP contribution in [0, 0.1) is 37.5 Å². The smallest absolute Gasteiger partial charge is 0.410 e. The van der Waals surface area contributed by atoms with Gasteiger partial charge in [-0.1, -0.05) is 10.3 Å². The summed E-state index contributed by atoms with van der Waals surface area (Å²) in [5.41, 5.74) is 1.59. The van der Waals surface area contributed by atoms with E-state index in [0.717, 1.165) is 17.0 Å². The fourth-order valence-electron chi connectivity index (χ4n) is 8.39.